The first kappa shape index (κ1) is 13.4. The SMILES string of the molecule is CCOCCNc1cc(C)nc(C)c1C(=O)O. The Labute approximate surface area is 101 Å². The van der Waals surface area contributed by atoms with E-state index in [2.05, 4.69) is 10.3 Å². The van der Waals surface area contributed by atoms with Crippen LogP contribution in [-0.2, 0) is 4.74 Å². The molecule has 1 heterocycles. The van der Waals surface area contributed by atoms with E-state index in [1.807, 2.05) is 13.8 Å². The number of anilines is 1. The van der Waals surface area contributed by atoms with E-state index < -0.39 is 5.97 Å². The van der Waals surface area contributed by atoms with Crippen molar-refractivity contribution < 1.29 is 14.6 Å². The molecule has 2 N–H and O–H groups in total. The predicted octanol–water partition coefficient (Wildman–Crippen LogP) is 1.85. The van der Waals surface area contributed by atoms with Gasteiger partial charge in [0.1, 0.15) is 5.56 Å². The Morgan fingerprint density at radius 3 is 2.82 bits per heavy atom. The number of nitrogens with one attached hydrogen (secondary N) is 1. The number of pyridine rings is 1. The maximum absolute atomic E-state index is 11.1. The summed E-state index contributed by atoms with van der Waals surface area (Å²) in [4.78, 5) is 15.3. The lowest BCUT2D eigenvalue weighted by atomic mass is 10.1. The molecule has 17 heavy (non-hydrogen) atoms. The molecule has 0 fully saturated rings. The van der Waals surface area contributed by atoms with Crippen LogP contribution in [0.4, 0.5) is 5.69 Å². The average Bonchev–Trinajstić information content (AvgIpc) is 2.22. The number of rotatable bonds is 6. The first-order chi connectivity index (χ1) is 8.06. The summed E-state index contributed by atoms with van der Waals surface area (Å²) in [5.74, 6) is -0.964. The molecule has 0 atom stereocenters. The van der Waals surface area contributed by atoms with Gasteiger partial charge in [0.15, 0.2) is 0 Å². The lowest BCUT2D eigenvalue weighted by Gasteiger charge is -2.12. The van der Waals surface area contributed by atoms with Gasteiger partial charge in [-0.1, -0.05) is 0 Å². The molecule has 0 aromatic carbocycles. The van der Waals surface area contributed by atoms with Gasteiger partial charge >= 0.3 is 5.97 Å². The Hall–Kier alpha value is -1.62. The van der Waals surface area contributed by atoms with Gasteiger partial charge in [-0.25, -0.2) is 4.79 Å². The number of carboxylic acid groups (broad SMARTS) is 1. The summed E-state index contributed by atoms with van der Waals surface area (Å²) in [6.07, 6.45) is 0. The van der Waals surface area contributed by atoms with Crippen molar-refractivity contribution in [2.45, 2.75) is 20.8 Å². The number of aromatic nitrogens is 1. The fourth-order valence-corrected chi connectivity index (χ4v) is 1.64. The summed E-state index contributed by atoms with van der Waals surface area (Å²) in [5, 5.41) is 12.2. The molecule has 1 aromatic rings. The minimum atomic E-state index is -0.964. The maximum atomic E-state index is 11.1. The van der Waals surface area contributed by atoms with Gasteiger partial charge in [0, 0.05) is 18.8 Å². The van der Waals surface area contributed by atoms with Crippen LogP contribution < -0.4 is 5.32 Å². The smallest absolute Gasteiger partial charge is 0.339 e. The van der Waals surface area contributed by atoms with Crippen molar-refractivity contribution in [2.24, 2.45) is 0 Å². The van der Waals surface area contributed by atoms with Crippen LogP contribution in [-0.4, -0.2) is 35.8 Å². The number of ether oxygens (including phenoxy) is 1. The summed E-state index contributed by atoms with van der Waals surface area (Å²) in [6.45, 7) is 7.24. The molecule has 0 aliphatic carbocycles. The largest absolute Gasteiger partial charge is 0.478 e. The van der Waals surface area contributed by atoms with E-state index >= 15 is 0 Å². The van der Waals surface area contributed by atoms with Gasteiger partial charge in [-0.2, -0.15) is 0 Å². The minimum Gasteiger partial charge on any atom is -0.478 e. The molecule has 5 heteroatoms. The van der Waals surface area contributed by atoms with Crippen molar-refractivity contribution in [3.63, 3.8) is 0 Å². The molecule has 5 nitrogen and oxygen atoms in total. The molecule has 0 radical (unpaired) electrons. The van der Waals surface area contributed by atoms with Gasteiger partial charge in [-0.15, -0.1) is 0 Å². The molecule has 0 unspecified atom stereocenters. The molecular weight excluding hydrogens is 220 g/mol. The quantitative estimate of drug-likeness (QED) is 0.740. The van der Waals surface area contributed by atoms with Crippen molar-refractivity contribution in [3.05, 3.63) is 23.0 Å². The molecule has 1 aromatic heterocycles. The van der Waals surface area contributed by atoms with Gasteiger partial charge < -0.3 is 15.2 Å². The molecule has 0 saturated heterocycles. The monoisotopic (exact) mass is 238 g/mol. The minimum absolute atomic E-state index is 0.229. The molecule has 0 aliphatic rings. The Morgan fingerprint density at radius 1 is 1.53 bits per heavy atom. The van der Waals surface area contributed by atoms with Crippen molar-refractivity contribution >= 4 is 11.7 Å². The van der Waals surface area contributed by atoms with Crippen molar-refractivity contribution in [1.82, 2.24) is 4.98 Å². The fourth-order valence-electron chi connectivity index (χ4n) is 1.64. The molecule has 0 spiro atoms. The number of hydrogen-bond donors (Lipinski definition) is 2. The van der Waals surface area contributed by atoms with Crippen LogP contribution in [0, 0.1) is 13.8 Å². The van der Waals surface area contributed by atoms with Gasteiger partial charge in [-0.3, -0.25) is 4.98 Å². The first-order valence-electron chi connectivity index (χ1n) is 5.59. The maximum Gasteiger partial charge on any atom is 0.339 e. The Morgan fingerprint density at radius 2 is 2.24 bits per heavy atom. The van der Waals surface area contributed by atoms with Gasteiger partial charge in [0.2, 0.25) is 0 Å². The molecule has 0 aliphatic heterocycles. The molecule has 0 saturated carbocycles. The van der Waals surface area contributed by atoms with E-state index in [1.54, 1.807) is 13.0 Å². The summed E-state index contributed by atoms with van der Waals surface area (Å²) in [7, 11) is 0. The number of carbonyl (C=O) groups is 1. The van der Waals surface area contributed by atoms with Crippen molar-refractivity contribution in [1.29, 1.82) is 0 Å². The lowest BCUT2D eigenvalue weighted by Crippen LogP contribution is -2.14. The topological polar surface area (TPSA) is 71.5 Å². The number of hydrogen-bond acceptors (Lipinski definition) is 4. The molecule has 0 amide bonds. The standard InChI is InChI=1S/C12H18N2O3/c1-4-17-6-5-13-10-7-8(2)14-9(3)11(10)12(15)16/h7H,4-6H2,1-3H3,(H,13,14)(H,15,16). The molecular formula is C12H18N2O3. The second-order valence-corrected chi connectivity index (χ2v) is 3.70. The van der Waals surface area contributed by atoms with Crippen LogP contribution in [0.3, 0.4) is 0 Å². The van der Waals surface area contributed by atoms with Crippen LogP contribution in [0.15, 0.2) is 6.07 Å². The first-order valence-corrected chi connectivity index (χ1v) is 5.59. The summed E-state index contributed by atoms with van der Waals surface area (Å²) < 4.78 is 5.19. The summed E-state index contributed by atoms with van der Waals surface area (Å²) in [5.41, 5.74) is 2.15. The molecule has 1 rings (SSSR count). The van der Waals surface area contributed by atoms with E-state index in [0.717, 1.165) is 5.69 Å². The van der Waals surface area contributed by atoms with Crippen LogP contribution in [0.25, 0.3) is 0 Å². The fraction of sp³-hybridized carbons (Fsp3) is 0.500. The lowest BCUT2D eigenvalue weighted by molar-refractivity contribution is 0.0696. The van der Waals surface area contributed by atoms with Crippen LogP contribution in [0.1, 0.15) is 28.7 Å². The third-order valence-corrected chi connectivity index (χ3v) is 2.31. The second kappa shape index (κ2) is 6.20. The third kappa shape index (κ3) is 3.71. The van der Waals surface area contributed by atoms with E-state index in [0.29, 0.717) is 31.1 Å². The zero-order valence-electron chi connectivity index (χ0n) is 10.4. The zero-order chi connectivity index (χ0) is 12.8. The van der Waals surface area contributed by atoms with Crippen molar-refractivity contribution in [3.8, 4) is 0 Å². The Kier molecular flexibility index (Phi) is 4.90. The van der Waals surface area contributed by atoms with E-state index in [4.69, 9.17) is 9.84 Å². The predicted molar refractivity (Wildman–Crippen MR) is 65.7 cm³/mol. The highest BCUT2D eigenvalue weighted by molar-refractivity contribution is 5.95. The average molecular weight is 238 g/mol. The third-order valence-electron chi connectivity index (χ3n) is 2.31. The summed E-state index contributed by atoms with van der Waals surface area (Å²) >= 11 is 0. The van der Waals surface area contributed by atoms with E-state index in [1.165, 1.54) is 0 Å². The normalized spacial score (nSPS) is 10.3. The number of carboxylic acids is 1. The molecule has 94 valence electrons. The van der Waals surface area contributed by atoms with Crippen LogP contribution in [0.5, 0.6) is 0 Å². The highest BCUT2D eigenvalue weighted by atomic mass is 16.5. The summed E-state index contributed by atoms with van der Waals surface area (Å²) in [6, 6.07) is 1.74. The zero-order valence-corrected chi connectivity index (χ0v) is 10.4. The van der Waals surface area contributed by atoms with Gasteiger partial charge in [-0.05, 0) is 26.8 Å². The van der Waals surface area contributed by atoms with E-state index in [9.17, 15) is 4.79 Å². The second-order valence-electron chi connectivity index (χ2n) is 3.70. The Bertz CT molecular complexity index is 405. The Balaban J connectivity index is 2.85. The number of nitrogens with zero attached hydrogens (tertiary/aromatic N) is 1. The number of aryl methyl sites for hydroxylation is 2. The highest BCUT2D eigenvalue weighted by Gasteiger charge is 2.14. The van der Waals surface area contributed by atoms with Crippen molar-refractivity contribution in [2.75, 3.05) is 25.1 Å². The van der Waals surface area contributed by atoms with Gasteiger partial charge in [0.05, 0.1) is 18.0 Å². The van der Waals surface area contributed by atoms with Gasteiger partial charge in [0.25, 0.3) is 0 Å². The van der Waals surface area contributed by atoms with Crippen LogP contribution in [0.2, 0.25) is 0 Å². The molecule has 0 bridgehead atoms. The highest BCUT2D eigenvalue weighted by Crippen LogP contribution is 2.19. The van der Waals surface area contributed by atoms with Crippen LogP contribution >= 0.6 is 0 Å². The van der Waals surface area contributed by atoms with E-state index in [-0.39, 0.29) is 5.56 Å². The number of aromatic carboxylic acids is 1.